The van der Waals surface area contributed by atoms with Crippen LogP contribution in [0.2, 0.25) is 0 Å². The third kappa shape index (κ3) is 4.92. The first-order valence-electron chi connectivity index (χ1n) is 7.71. The summed E-state index contributed by atoms with van der Waals surface area (Å²) in [4.78, 5) is 24.2. The van der Waals surface area contributed by atoms with E-state index in [1.165, 1.54) is 0 Å². The molecule has 0 radical (unpaired) electrons. The maximum absolute atomic E-state index is 12.8. The molecule has 0 aliphatic carbocycles. The van der Waals surface area contributed by atoms with E-state index in [1.807, 2.05) is 11.4 Å². The summed E-state index contributed by atoms with van der Waals surface area (Å²) in [5.74, 6) is -2.66. The van der Waals surface area contributed by atoms with Crippen LogP contribution in [-0.4, -0.2) is 23.9 Å². The molecule has 1 amide bonds. The van der Waals surface area contributed by atoms with Crippen molar-refractivity contribution >= 4 is 11.7 Å². The minimum Gasteiger partial charge on any atom is -0.338 e. The molecule has 2 rings (SSSR count). The summed E-state index contributed by atoms with van der Waals surface area (Å²) < 4.78 is 37.9. The second kappa shape index (κ2) is 7.51. The topological polar surface area (TPSA) is 46.2 Å². The zero-order valence-corrected chi connectivity index (χ0v) is 13.9. The fourth-order valence-corrected chi connectivity index (χ4v) is 2.49. The number of nitrogens with one attached hydrogen (secondary N) is 1. The Balaban J connectivity index is 2.34. The second-order valence-corrected chi connectivity index (χ2v) is 5.90. The first kappa shape index (κ1) is 18.7. The number of Topliss-reactive ketones (excluding diaryl/α,β-unsaturated/α-hetero) is 1. The van der Waals surface area contributed by atoms with Crippen LogP contribution in [0.15, 0.2) is 48.5 Å². The summed E-state index contributed by atoms with van der Waals surface area (Å²) >= 11 is 0. The van der Waals surface area contributed by atoms with E-state index < -0.39 is 23.9 Å². The van der Waals surface area contributed by atoms with E-state index in [0.29, 0.717) is 16.7 Å². The van der Waals surface area contributed by atoms with Gasteiger partial charge in [0.1, 0.15) is 0 Å². The van der Waals surface area contributed by atoms with Crippen molar-refractivity contribution in [3.8, 4) is 0 Å². The van der Waals surface area contributed by atoms with E-state index in [2.05, 4.69) is 0 Å². The van der Waals surface area contributed by atoms with Gasteiger partial charge < -0.3 is 5.32 Å². The number of aryl methyl sites for hydroxylation is 2. The summed E-state index contributed by atoms with van der Waals surface area (Å²) in [5, 5.41) is 1.84. The largest absolute Gasteiger partial charge is 0.471 e. The van der Waals surface area contributed by atoms with E-state index >= 15 is 0 Å². The number of halogens is 3. The maximum Gasteiger partial charge on any atom is 0.471 e. The molecule has 2 aromatic carbocycles. The van der Waals surface area contributed by atoms with Crippen LogP contribution in [0.3, 0.4) is 0 Å². The van der Waals surface area contributed by atoms with Crippen LogP contribution in [0.5, 0.6) is 0 Å². The number of hydrogen-bond acceptors (Lipinski definition) is 2. The molecule has 0 spiro atoms. The first-order chi connectivity index (χ1) is 11.7. The molecule has 6 heteroatoms. The molecule has 0 aliphatic rings. The molecular formula is C19H18F3NO2. The average molecular weight is 349 g/mol. The Kier molecular flexibility index (Phi) is 5.62. The zero-order valence-electron chi connectivity index (χ0n) is 13.9. The summed E-state index contributed by atoms with van der Waals surface area (Å²) in [6.07, 6.45) is -5.06. The Morgan fingerprint density at radius 2 is 1.68 bits per heavy atom. The van der Waals surface area contributed by atoms with Crippen molar-refractivity contribution in [2.75, 3.05) is 0 Å². The molecule has 25 heavy (non-hydrogen) atoms. The normalized spacial score (nSPS) is 12.5. The zero-order chi connectivity index (χ0) is 18.6. The lowest BCUT2D eigenvalue weighted by molar-refractivity contribution is -0.174. The molecular weight excluding hydrogens is 331 g/mol. The monoisotopic (exact) mass is 349 g/mol. The number of ketones is 1. The van der Waals surface area contributed by atoms with E-state index in [1.54, 1.807) is 56.3 Å². The summed E-state index contributed by atoms with van der Waals surface area (Å²) in [6.45, 7) is 3.49. The molecule has 0 aromatic heterocycles. The lowest BCUT2D eigenvalue weighted by Gasteiger charge is -2.20. The van der Waals surface area contributed by atoms with Gasteiger partial charge in [-0.1, -0.05) is 48.0 Å². The highest BCUT2D eigenvalue weighted by atomic mass is 19.4. The third-order valence-electron chi connectivity index (χ3n) is 3.82. The van der Waals surface area contributed by atoms with Gasteiger partial charge in [-0.05, 0) is 31.0 Å². The van der Waals surface area contributed by atoms with Crippen molar-refractivity contribution in [1.82, 2.24) is 5.32 Å². The number of rotatable bonds is 5. The quantitative estimate of drug-likeness (QED) is 0.835. The molecule has 0 fully saturated rings. The van der Waals surface area contributed by atoms with E-state index in [4.69, 9.17) is 0 Å². The predicted molar refractivity (Wildman–Crippen MR) is 88.4 cm³/mol. The number of amides is 1. The van der Waals surface area contributed by atoms with Crippen LogP contribution in [0.4, 0.5) is 13.2 Å². The Labute approximate surface area is 143 Å². The highest BCUT2D eigenvalue weighted by molar-refractivity contribution is 6.03. The van der Waals surface area contributed by atoms with Crippen LogP contribution < -0.4 is 5.32 Å². The number of carbonyl (C=O) groups excluding carboxylic acids is 2. The van der Waals surface area contributed by atoms with Crippen LogP contribution in [-0.2, 0) is 11.2 Å². The smallest absolute Gasteiger partial charge is 0.338 e. The van der Waals surface area contributed by atoms with Crippen molar-refractivity contribution in [2.24, 2.45) is 0 Å². The molecule has 3 nitrogen and oxygen atoms in total. The fraction of sp³-hybridized carbons (Fsp3) is 0.263. The average Bonchev–Trinajstić information content (AvgIpc) is 2.56. The van der Waals surface area contributed by atoms with E-state index in [0.717, 1.165) is 5.56 Å². The van der Waals surface area contributed by atoms with Crippen LogP contribution in [0.1, 0.15) is 27.0 Å². The fourth-order valence-electron chi connectivity index (χ4n) is 2.49. The number of hydrogen-bond donors (Lipinski definition) is 1. The molecule has 0 unspecified atom stereocenters. The van der Waals surface area contributed by atoms with Gasteiger partial charge in [0.15, 0.2) is 5.78 Å². The minimum atomic E-state index is -5.04. The van der Waals surface area contributed by atoms with Gasteiger partial charge in [0.05, 0.1) is 6.04 Å². The summed E-state index contributed by atoms with van der Waals surface area (Å²) in [6, 6.07) is 12.5. The number of carbonyl (C=O) groups is 2. The Hall–Kier alpha value is -2.63. The van der Waals surface area contributed by atoms with Gasteiger partial charge >= 0.3 is 12.1 Å². The molecule has 132 valence electrons. The van der Waals surface area contributed by atoms with Gasteiger partial charge in [-0.15, -0.1) is 0 Å². The number of alkyl halides is 3. The lowest BCUT2D eigenvalue weighted by atomic mass is 9.93. The maximum atomic E-state index is 12.8. The van der Waals surface area contributed by atoms with Gasteiger partial charge in [0.25, 0.3) is 0 Å². The molecule has 2 aromatic rings. The molecule has 0 aliphatic heterocycles. The van der Waals surface area contributed by atoms with Crippen LogP contribution in [0.25, 0.3) is 0 Å². The molecule has 0 bridgehead atoms. The second-order valence-electron chi connectivity index (χ2n) is 5.90. The summed E-state index contributed by atoms with van der Waals surface area (Å²) in [5.41, 5.74) is 2.43. The van der Waals surface area contributed by atoms with Crippen LogP contribution >= 0.6 is 0 Å². The van der Waals surface area contributed by atoms with E-state index in [9.17, 15) is 22.8 Å². The van der Waals surface area contributed by atoms with Crippen molar-refractivity contribution in [1.29, 1.82) is 0 Å². The van der Waals surface area contributed by atoms with Gasteiger partial charge in [-0.3, -0.25) is 9.59 Å². The van der Waals surface area contributed by atoms with Gasteiger partial charge in [0.2, 0.25) is 0 Å². The highest BCUT2D eigenvalue weighted by Crippen LogP contribution is 2.18. The third-order valence-corrected chi connectivity index (χ3v) is 3.82. The Morgan fingerprint density at radius 3 is 2.28 bits per heavy atom. The van der Waals surface area contributed by atoms with Crippen molar-refractivity contribution < 1.29 is 22.8 Å². The predicted octanol–water partition coefficient (Wildman–Crippen LogP) is 3.78. The lowest BCUT2D eigenvalue weighted by Crippen LogP contribution is -2.48. The molecule has 0 saturated heterocycles. The van der Waals surface area contributed by atoms with Crippen LogP contribution in [0, 0.1) is 13.8 Å². The van der Waals surface area contributed by atoms with Gasteiger partial charge in [-0.2, -0.15) is 13.2 Å². The minimum absolute atomic E-state index is 0.0190. The van der Waals surface area contributed by atoms with Gasteiger partial charge in [0, 0.05) is 12.0 Å². The van der Waals surface area contributed by atoms with Crippen molar-refractivity contribution in [2.45, 2.75) is 32.5 Å². The standard InChI is InChI=1S/C19H18F3NO2/c1-12-8-9-13(2)15(10-12)17(24)16(23-18(25)19(20,21)22)11-14-6-4-3-5-7-14/h3-10,16H,11H2,1-2H3,(H,23,25)/t16-/m1/s1. The number of benzene rings is 2. The molecule has 1 N–H and O–H groups in total. The van der Waals surface area contributed by atoms with E-state index in [-0.39, 0.29) is 6.42 Å². The molecule has 0 heterocycles. The molecule has 0 saturated carbocycles. The highest BCUT2D eigenvalue weighted by Gasteiger charge is 2.41. The molecule has 1 atom stereocenters. The Morgan fingerprint density at radius 1 is 1.04 bits per heavy atom. The Bertz CT molecular complexity index is 770. The SMILES string of the molecule is Cc1ccc(C)c(C(=O)[C@@H](Cc2ccccc2)NC(=O)C(F)(F)F)c1. The summed E-state index contributed by atoms with van der Waals surface area (Å²) in [7, 11) is 0. The van der Waals surface area contributed by atoms with Crippen molar-refractivity contribution in [3.63, 3.8) is 0 Å². The van der Waals surface area contributed by atoms with Crippen molar-refractivity contribution in [3.05, 3.63) is 70.8 Å². The van der Waals surface area contributed by atoms with Gasteiger partial charge in [-0.25, -0.2) is 0 Å². The first-order valence-corrected chi connectivity index (χ1v) is 7.71.